The van der Waals surface area contributed by atoms with Gasteiger partial charge in [-0.2, -0.15) is 0 Å². The molecule has 0 saturated carbocycles. The largest absolute Gasteiger partial charge is 0.489 e. The molecule has 0 atom stereocenters. The first kappa shape index (κ1) is 14.0. The number of rotatable bonds is 5. The number of benzene rings is 2. The Morgan fingerprint density at radius 2 is 1.82 bits per heavy atom. The molecule has 0 aliphatic carbocycles. The second-order valence-electron chi connectivity index (χ2n) is 4.86. The van der Waals surface area contributed by atoms with Gasteiger partial charge in [-0.1, -0.05) is 35.5 Å². The van der Waals surface area contributed by atoms with Crippen molar-refractivity contribution in [1.29, 1.82) is 0 Å². The molecule has 0 aliphatic rings. The second kappa shape index (κ2) is 6.22. The molecule has 0 aliphatic heterocycles. The van der Waals surface area contributed by atoms with Gasteiger partial charge in [0.25, 0.3) is 0 Å². The van der Waals surface area contributed by atoms with E-state index in [1.54, 1.807) is 4.68 Å². The summed E-state index contributed by atoms with van der Waals surface area (Å²) in [6, 6.07) is 17.5. The van der Waals surface area contributed by atoms with Crippen LogP contribution in [-0.4, -0.2) is 21.3 Å². The maximum Gasteiger partial charge on any atom is 0.172 e. The third kappa shape index (κ3) is 2.88. The molecule has 22 heavy (non-hydrogen) atoms. The summed E-state index contributed by atoms with van der Waals surface area (Å²) < 4.78 is 7.37. The summed E-state index contributed by atoms with van der Waals surface area (Å²) in [7, 11) is 0. The van der Waals surface area contributed by atoms with E-state index in [0.29, 0.717) is 24.3 Å². The van der Waals surface area contributed by atoms with Gasteiger partial charge in [0.05, 0.1) is 11.4 Å². The van der Waals surface area contributed by atoms with Gasteiger partial charge < -0.3 is 4.74 Å². The van der Waals surface area contributed by atoms with Crippen molar-refractivity contribution in [2.24, 2.45) is 0 Å². The van der Waals surface area contributed by atoms with E-state index < -0.39 is 0 Å². The lowest BCUT2D eigenvalue weighted by atomic mass is 10.2. The van der Waals surface area contributed by atoms with E-state index in [1.807, 2.05) is 61.5 Å². The molecule has 0 saturated heterocycles. The highest BCUT2D eigenvalue weighted by Crippen LogP contribution is 2.17. The maximum absolute atomic E-state index is 10.8. The molecule has 0 spiro atoms. The van der Waals surface area contributed by atoms with Crippen LogP contribution < -0.4 is 4.74 Å². The molecule has 0 amide bonds. The summed E-state index contributed by atoms with van der Waals surface area (Å²) in [6.07, 6.45) is 0.705. The minimum absolute atomic E-state index is 0.351. The number of hydrogen-bond donors (Lipinski definition) is 0. The van der Waals surface area contributed by atoms with Crippen LogP contribution in [0.15, 0.2) is 54.6 Å². The van der Waals surface area contributed by atoms with Gasteiger partial charge in [-0.3, -0.25) is 4.79 Å². The highest BCUT2D eigenvalue weighted by Gasteiger charge is 2.09. The SMILES string of the molecule is Cc1c(C=O)nnn1-c1ccc(OCc2ccccc2)cc1. The van der Waals surface area contributed by atoms with Crippen molar-refractivity contribution in [3.8, 4) is 11.4 Å². The molecule has 3 aromatic rings. The molecule has 5 heteroatoms. The number of ether oxygens (including phenoxy) is 1. The van der Waals surface area contributed by atoms with Crippen molar-refractivity contribution in [2.75, 3.05) is 0 Å². The Balaban J connectivity index is 1.72. The third-order valence-corrected chi connectivity index (χ3v) is 3.37. The molecule has 2 aromatic carbocycles. The Hall–Kier alpha value is -2.95. The molecular weight excluding hydrogens is 278 g/mol. The van der Waals surface area contributed by atoms with Crippen LogP contribution in [0.4, 0.5) is 0 Å². The summed E-state index contributed by atoms with van der Waals surface area (Å²) in [6.45, 7) is 2.33. The molecule has 5 nitrogen and oxygen atoms in total. The first-order valence-corrected chi connectivity index (χ1v) is 6.92. The Kier molecular flexibility index (Phi) is 3.96. The predicted molar refractivity (Wildman–Crippen MR) is 82.3 cm³/mol. The molecule has 1 heterocycles. The third-order valence-electron chi connectivity index (χ3n) is 3.37. The van der Waals surface area contributed by atoms with Crippen molar-refractivity contribution in [3.05, 3.63) is 71.5 Å². The van der Waals surface area contributed by atoms with Crippen LogP contribution in [0.2, 0.25) is 0 Å². The minimum atomic E-state index is 0.351. The van der Waals surface area contributed by atoms with Gasteiger partial charge in [-0.15, -0.1) is 5.10 Å². The average Bonchev–Trinajstić information content (AvgIpc) is 2.95. The quantitative estimate of drug-likeness (QED) is 0.679. The number of aromatic nitrogens is 3. The molecule has 0 radical (unpaired) electrons. The Morgan fingerprint density at radius 3 is 2.45 bits per heavy atom. The predicted octanol–water partition coefficient (Wildman–Crippen LogP) is 2.97. The van der Waals surface area contributed by atoms with Gasteiger partial charge in [0.1, 0.15) is 18.1 Å². The van der Waals surface area contributed by atoms with E-state index in [1.165, 1.54) is 0 Å². The van der Waals surface area contributed by atoms with Crippen molar-refractivity contribution in [1.82, 2.24) is 15.0 Å². The van der Waals surface area contributed by atoms with Crippen molar-refractivity contribution in [2.45, 2.75) is 13.5 Å². The summed E-state index contributed by atoms with van der Waals surface area (Å²) >= 11 is 0. The molecule has 3 rings (SSSR count). The van der Waals surface area contributed by atoms with Gasteiger partial charge in [0, 0.05) is 0 Å². The highest BCUT2D eigenvalue weighted by atomic mass is 16.5. The first-order chi connectivity index (χ1) is 10.8. The van der Waals surface area contributed by atoms with E-state index in [-0.39, 0.29) is 0 Å². The minimum Gasteiger partial charge on any atom is -0.489 e. The zero-order valence-corrected chi connectivity index (χ0v) is 12.1. The fourth-order valence-electron chi connectivity index (χ4n) is 2.12. The number of carbonyl (C=O) groups excluding carboxylic acids is 1. The summed E-state index contributed by atoms with van der Waals surface area (Å²) in [5.74, 6) is 0.779. The standard InChI is InChI=1S/C17H15N3O2/c1-13-17(11-21)18-19-20(13)15-7-9-16(10-8-15)22-12-14-5-3-2-4-6-14/h2-11H,12H2,1H3. The van der Waals surface area contributed by atoms with E-state index in [9.17, 15) is 4.79 Å². The van der Waals surface area contributed by atoms with E-state index >= 15 is 0 Å². The van der Waals surface area contributed by atoms with Gasteiger partial charge >= 0.3 is 0 Å². The average molecular weight is 293 g/mol. The highest BCUT2D eigenvalue weighted by molar-refractivity contribution is 5.73. The Morgan fingerprint density at radius 1 is 1.09 bits per heavy atom. The van der Waals surface area contributed by atoms with Crippen molar-refractivity contribution in [3.63, 3.8) is 0 Å². The maximum atomic E-state index is 10.8. The first-order valence-electron chi connectivity index (χ1n) is 6.92. The Labute approximate surface area is 128 Å². The van der Waals surface area contributed by atoms with Gasteiger partial charge in [0.15, 0.2) is 6.29 Å². The number of hydrogen-bond acceptors (Lipinski definition) is 4. The topological polar surface area (TPSA) is 57.0 Å². The lowest BCUT2D eigenvalue weighted by Gasteiger charge is -2.08. The number of carbonyl (C=O) groups is 1. The van der Waals surface area contributed by atoms with Crippen LogP contribution in [0.1, 0.15) is 21.7 Å². The normalized spacial score (nSPS) is 10.4. The lowest BCUT2D eigenvalue weighted by Crippen LogP contribution is -2.00. The molecule has 1 aromatic heterocycles. The molecule has 0 unspecified atom stereocenters. The fourth-order valence-corrected chi connectivity index (χ4v) is 2.12. The number of nitrogens with zero attached hydrogens (tertiary/aromatic N) is 3. The molecule has 110 valence electrons. The summed E-state index contributed by atoms with van der Waals surface area (Å²) in [5, 5.41) is 7.80. The molecule has 0 fully saturated rings. The smallest absolute Gasteiger partial charge is 0.172 e. The summed E-state index contributed by atoms with van der Waals surface area (Å²) in [4.78, 5) is 10.8. The van der Waals surface area contributed by atoms with Crippen LogP contribution in [0, 0.1) is 6.92 Å². The lowest BCUT2D eigenvalue weighted by molar-refractivity contribution is 0.111. The Bertz CT molecular complexity index is 764. The van der Waals surface area contributed by atoms with Crippen LogP contribution in [0.25, 0.3) is 5.69 Å². The molecular formula is C17H15N3O2. The monoisotopic (exact) mass is 293 g/mol. The zero-order chi connectivity index (χ0) is 15.4. The van der Waals surface area contributed by atoms with Crippen molar-refractivity contribution < 1.29 is 9.53 Å². The molecule has 0 N–H and O–H groups in total. The number of aldehydes is 1. The van der Waals surface area contributed by atoms with Gasteiger partial charge in [-0.05, 0) is 36.8 Å². The van der Waals surface area contributed by atoms with Crippen LogP contribution in [0.3, 0.4) is 0 Å². The van der Waals surface area contributed by atoms with Gasteiger partial charge in [-0.25, -0.2) is 4.68 Å². The van der Waals surface area contributed by atoms with E-state index in [2.05, 4.69) is 10.3 Å². The van der Waals surface area contributed by atoms with Crippen LogP contribution >= 0.6 is 0 Å². The summed E-state index contributed by atoms with van der Waals surface area (Å²) in [5.41, 5.74) is 3.02. The van der Waals surface area contributed by atoms with Crippen LogP contribution in [0.5, 0.6) is 5.75 Å². The zero-order valence-electron chi connectivity index (χ0n) is 12.1. The van der Waals surface area contributed by atoms with Crippen LogP contribution in [-0.2, 0) is 6.61 Å². The van der Waals surface area contributed by atoms with Gasteiger partial charge in [0.2, 0.25) is 0 Å². The fraction of sp³-hybridized carbons (Fsp3) is 0.118. The van der Waals surface area contributed by atoms with Crippen molar-refractivity contribution >= 4 is 6.29 Å². The second-order valence-corrected chi connectivity index (χ2v) is 4.86. The van der Waals surface area contributed by atoms with E-state index in [0.717, 1.165) is 17.0 Å². The van der Waals surface area contributed by atoms with E-state index in [4.69, 9.17) is 4.74 Å². The molecule has 0 bridgehead atoms.